The number of hydrogen-bond donors (Lipinski definition) is 2. The van der Waals surface area contributed by atoms with Gasteiger partial charge in [-0.15, -0.1) is 0 Å². The van der Waals surface area contributed by atoms with E-state index in [9.17, 15) is 9.59 Å². The van der Waals surface area contributed by atoms with Gasteiger partial charge in [0, 0.05) is 11.8 Å². The fourth-order valence-corrected chi connectivity index (χ4v) is 2.17. The lowest BCUT2D eigenvalue weighted by Crippen LogP contribution is -2.15. The zero-order valence-electron chi connectivity index (χ0n) is 15.5. The van der Waals surface area contributed by atoms with E-state index in [1.54, 1.807) is 49.6 Å². The maximum atomic E-state index is 12.6. The zero-order valence-corrected chi connectivity index (χ0v) is 15.5. The van der Waals surface area contributed by atoms with Crippen LogP contribution in [0, 0.1) is 5.92 Å². The predicted molar refractivity (Wildman–Crippen MR) is 101 cm³/mol. The molecule has 2 N–H and O–H groups in total. The second-order valence-corrected chi connectivity index (χ2v) is 6.23. The Hall–Kier alpha value is -3.22. The Bertz CT molecular complexity index is 786. The van der Waals surface area contributed by atoms with Crippen LogP contribution in [0.2, 0.25) is 0 Å². The maximum Gasteiger partial charge on any atom is 0.341 e. The first kappa shape index (κ1) is 20.1. The van der Waals surface area contributed by atoms with Gasteiger partial charge in [0.2, 0.25) is 0 Å². The molecule has 2 aromatic rings. The molecule has 0 heterocycles. The summed E-state index contributed by atoms with van der Waals surface area (Å²) < 4.78 is 16.0. The molecule has 0 atom stereocenters. The van der Waals surface area contributed by atoms with Gasteiger partial charge in [0.25, 0.3) is 5.91 Å². The summed E-state index contributed by atoms with van der Waals surface area (Å²) in [7, 11) is 1.55. The van der Waals surface area contributed by atoms with Crippen LogP contribution in [0.25, 0.3) is 0 Å². The Balaban J connectivity index is 2.11. The highest BCUT2D eigenvalue weighted by Gasteiger charge is 2.15. The maximum absolute atomic E-state index is 12.6. The predicted octanol–water partition coefficient (Wildman–Crippen LogP) is 3.45. The van der Waals surface area contributed by atoms with Gasteiger partial charge in [-0.1, -0.05) is 13.8 Å². The second-order valence-electron chi connectivity index (χ2n) is 6.23. The number of ether oxygens (including phenoxy) is 3. The fourth-order valence-electron chi connectivity index (χ4n) is 2.17. The van der Waals surface area contributed by atoms with Crippen molar-refractivity contribution in [2.75, 3.05) is 25.6 Å². The number of carbonyl (C=O) groups is 2. The first-order valence-corrected chi connectivity index (χ1v) is 8.46. The van der Waals surface area contributed by atoms with Crippen molar-refractivity contribution in [3.05, 3.63) is 48.0 Å². The minimum atomic E-state index is -1.05. The van der Waals surface area contributed by atoms with Crippen molar-refractivity contribution in [3.63, 3.8) is 0 Å². The summed E-state index contributed by atoms with van der Waals surface area (Å²) in [5, 5.41) is 11.4. The number of anilines is 1. The first-order valence-electron chi connectivity index (χ1n) is 8.46. The first-order chi connectivity index (χ1) is 12.9. The normalized spacial score (nSPS) is 10.4. The number of methoxy groups -OCH3 is 1. The lowest BCUT2D eigenvalue weighted by molar-refractivity contribution is -0.139. The molecule has 1 amide bonds. The molecule has 0 fully saturated rings. The quantitative estimate of drug-likeness (QED) is 0.699. The van der Waals surface area contributed by atoms with E-state index in [-0.39, 0.29) is 5.91 Å². The summed E-state index contributed by atoms with van der Waals surface area (Å²) in [5.41, 5.74) is 0.941. The lowest BCUT2D eigenvalue weighted by Gasteiger charge is -2.14. The molecule has 0 aromatic heterocycles. The third-order valence-corrected chi connectivity index (χ3v) is 3.48. The van der Waals surface area contributed by atoms with Crippen molar-refractivity contribution in [1.82, 2.24) is 0 Å². The van der Waals surface area contributed by atoms with E-state index in [0.717, 1.165) is 0 Å². The van der Waals surface area contributed by atoms with E-state index in [4.69, 9.17) is 19.3 Å². The van der Waals surface area contributed by atoms with E-state index in [2.05, 4.69) is 5.32 Å². The number of amides is 1. The monoisotopic (exact) mass is 373 g/mol. The van der Waals surface area contributed by atoms with Crippen molar-refractivity contribution in [1.29, 1.82) is 0 Å². The number of nitrogens with one attached hydrogen (secondary N) is 1. The molecule has 0 aliphatic carbocycles. The van der Waals surface area contributed by atoms with Crippen LogP contribution in [0.1, 0.15) is 24.2 Å². The minimum absolute atomic E-state index is 0.311. The Kier molecular flexibility index (Phi) is 7.05. The number of carboxylic acids is 1. The highest BCUT2D eigenvalue weighted by molar-refractivity contribution is 6.06. The van der Waals surface area contributed by atoms with Crippen LogP contribution in [-0.2, 0) is 4.79 Å². The average molecular weight is 373 g/mol. The van der Waals surface area contributed by atoms with Gasteiger partial charge in [0.1, 0.15) is 17.2 Å². The molecular formula is C20H23NO6. The molecule has 0 saturated carbocycles. The van der Waals surface area contributed by atoms with Crippen LogP contribution in [0.5, 0.6) is 17.2 Å². The largest absolute Gasteiger partial charge is 0.497 e. The number of aliphatic carboxylic acids is 1. The Morgan fingerprint density at radius 2 is 1.70 bits per heavy atom. The van der Waals surface area contributed by atoms with Crippen LogP contribution in [0.3, 0.4) is 0 Å². The Morgan fingerprint density at radius 1 is 1.04 bits per heavy atom. The van der Waals surface area contributed by atoms with Crippen molar-refractivity contribution in [2.45, 2.75) is 13.8 Å². The number of rotatable bonds is 9. The lowest BCUT2D eigenvalue weighted by atomic mass is 10.1. The molecule has 27 heavy (non-hydrogen) atoms. The van der Waals surface area contributed by atoms with E-state index in [1.165, 1.54) is 0 Å². The molecule has 0 spiro atoms. The minimum Gasteiger partial charge on any atom is -0.497 e. The van der Waals surface area contributed by atoms with Crippen molar-refractivity contribution in [3.8, 4) is 17.2 Å². The highest BCUT2D eigenvalue weighted by atomic mass is 16.5. The van der Waals surface area contributed by atoms with Gasteiger partial charge in [0.15, 0.2) is 6.61 Å². The number of carboxylic acid groups (broad SMARTS) is 1. The van der Waals surface area contributed by atoms with Crippen LogP contribution in [0.4, 0.5) is 5.69 Å². The average Bonchev–Trinajstić information content (AvgIpc) is 2.65. The molecule has 7 nitrogen and oxygen atoms in total. The number of benzene rings is 2. The molecule has 0 aliphatic heterocycles. The second kappa shape index (κ2) is 9.47. The molecule has 7 heteroatoms. The summed E-state index contributed by atoms with van der Waals surface area (Å²) in [6.45, 7) is 4.10. The molecule has 2 aromatic carbocycles. The highest BCUT2D eigenvalue weighted by Crippen LogP contribution is 2.26. The van der Waals surface area contributed by atoms with E-state index >= 15 is 0 Å². The van der Waals surface area contributed by atoms with Gasteiger partial charge in [0.05, 0.1) is 19.3 Å². The van der Waals surface area contributed by atoms with Gasteiger partial charge in [-0.3, -0.25) is 4.79 Å². The molecule has 0 unspecified atom stereocenters. The SMILES string of the molecule is COc1ccc(C(=O)Nc2ccc(OCC(=O)O)cc2)c(OCC(C)C)c1. The summed E-state index contributed by atoms with van der Waals surface area (Å²) >= 11 is 0. The standard InChI is InChI=1S/C20H23NO6/c1-13(2)11-27-18-10-16(25-3)8-9-17(18)20(24)21-14-4-6-15(7-5-14)26-12-19(22)23/h4-10,13H,11-12H2,1-3H3,(H,21,24)(H,22,23). The molecule has 0 radical (unpaired) electrons. The van der Waals surface area contributed by atoms with Crippen molar-refractivity contribution in [2.24, 2.45) is 5.92 Å². The van der Waals surface area contributed by atoms with Gasteiger partial charge in [-0.2, -0.15) is 0 Å². The smallest absolute Gasteiger partial charge is 0.341 e. The Morgan fingerprint density at radius 3 is 2.30 bits per heavy atom. The fraction of sp³-hybridized carbons (Fsp3) is 0.300. The Labute approximate surface area is 157 Å². The third kappa shape index (κ3) is 6.22. The summed E-state index contributed by atoms with van der Waals surface area (Å²) in [6, 6.07) is 11.5. The van der Waals surface area contributed by atoms with E-state index in [0.29, 0.717) is 41.0 Å². The molecule has 144 valence electrons. The number of carbonyl (C=O) groups excluding carboxylic acids is 1. The van der Waals surface area contributed by atoms with Crippen LogP contribution in [0.15, 0.2) is 42.5 Å². The van der Waals surface area contributed by atoms with Crippen LogP contribution in [-0.4, -0.2) is 37.3 Å². The van der Waals surface area contributed by atoms with E-state index in [1.807, 2.05) is 13.8 Å². The van der Waals surface area contributed by atoms with Gasteiger partial charge >= 0.3 is 5.97 Å². The van der Waals surface area contributed by atoms with Gasteiger partial charge in [-0.25, -0.2) is 4.79 Å². The van der Waals surface area contributed by atoms with Crippen molar-refractivity contribution >= 4 is 17.6 Å². The summed E-state index contributed by atoms with van der Waals surface area (Å²) in [5.74, 6) is 0.384. The zero-order chi connectivity index (χ0) is 19.8. The van der Waals surface area contributed by atoms with Gasteiger partial charge < -0.3 is 24.6 Å². The summed E-state index contributed by atoms with van der Waals surface area (Å²) in [4.78, 5) is 23.2. The topological polar surface area (TPSA) is 94.1 Å². The van der Waals surface area contributed by atoms with Gasteiger partial charge in [-0.05, 0) is 42.3 Å². The molecular weight excluding hydrogens is 350 g/mol. The van der Waals surface area contributed by atoms with Crippen molar-refractivity contribution < 1.29 is 28.9 Å². The molecule has 0 bridgehead atoms. The third-order valence-electron chi connectivity index (χ3n) is 3.48. The molecule has 2 rings (SSSR count). The number of hydrogen-bond acceptors (Lipinski definition) is 5. The van der Waals surface area contributed by atoms with Crippen LogP contribution >= 0.6 is 0 Å². The van der Waals surface area contributed by atoms with Crippen LogP contribution < -0.4 is 19.5 Å². The summed E-state index contributed by atoms with van der Waals surface area (Å²) in [6.07, 6.45) is 0. The molecule has 0 aliphatic rings. The van der Waals surface area contributed by atoms with E-state index < -0.39 is 12.6 Å². The molecule has 0 saturated heterocycles.